The van der Waals surface area contributed by atoms with Gasteiger partial charge in [0.25, 0.3) is 0 Å². The van der Waals surface area contributed by atoms with Gasteiger partial charge in [-0.05, 0) is 50.9 Å². The Kier molecular flexibility index (Phi) is 3.64. The van der Waals surface area contributed by atoms with E-state index >= 15 is 0 Å². The highest BCUT2D eigenvalue weighted by Gasteiger charge is 2.31. The number of rotatable bonds is 4. The average molecular weight is 316 g/mol. The van der Waals surface area contributed by atoms with E-state index in [1.165, 1.54) is 6.20 Å². The number of hydrogen-bond acceptors (Lipinski definition) is 4. The number of carboxylic acid groups (broad SMARTS) is 1. The van der Waals surface area contributed by atoms with Gasteiger partial charge in [0, 0.05) is 6.20 Å². The fraction of sp³-hybridized carbons (Fsp3) is 0.412. The minimum Gasteiger partial charge on any atom is -0.489 e. The van der Waals surface area contributed by atoms with Crippen molar-refractivity contribution in [1.29, 1.82) is 0 Å². The molecule has 0 amide bonds. The maximum atomic E-state index is 12.6. The number of nitrogens with two attached hydrogens (primary N) is 1. The van der Waals surface area contributed by atoms with Crippen LogP contribution in [0.25, 0.3) is 10.9 Å². The summed E-state index contributed by atoms with van der Waals surface area (Å²) in [6, 6.07) is 3.69. The molecule has 2 heterocycles. The summed E-state index contributed by atoms with van der Waals surface area (Å²) in [7, 11) is 0. The van der Waals surface area contributed by atoms with Crippen molar-refractivity contribution in [2.45, 2.75) is 32.2 Å². The molecule has 6 heteroatoms. The Labute approximate surface area is 133 Å². The number of pyridine rings is 1. The molecule has 6 nitrogen and oxygen atoms in total. The second-order valence-electron chi connectivity index (χ2n) is 6.53. The molecule has 0 bridgehead atoms. The molecule has 23 heavy (non-hydrogen) atoms. The molecule has 1 aliphatic heterocycles. The van der Waals surface area contributed by atoms with E-state index < -0.39 is 16.9 Å². The smallest absolute Gasteiger partial charge is 0.341 e. The van der Waals surface area contributed by atoms with Gasteiger partial charge in [-0.15, -0.1) is 0 Å². The van der Waals surface area contributed by atoms with Crippen LogP contribution in [0.15, 0.2) is 23.1 Å². The Balaban J connectivity index is 2.37. The zero-order valence-electron chi connectivity index (χ0n) is 13.3. The summed E-state index contributed by atoms with van der Waals surface area (Å²) in [5.74, 6) is -0.584. The van der Waals surface area contributed by atoms with Gasteiger partial charge in [-0.2, -0.15) is 0 Å². The Bertz CT molecular complexity index is 852. The summed E-state index contributed by atoms with van der Waals surface area (Å²) in [5, 5.41) is 9.74. The summed E-state index contributed by atoms with van der Waals surface area (Å²) in [6.45, 7) is 4.87. The van der Waals surface area contributed by atoms with Crippen LogP contribution in [0.4, 0.5) is 0 Å². The van der Waals surface area contributed by atoms with Crippen LogP contribution >= 0.6 is 0 Å². The number of aromatic nitrogens is 1. The first kappa shape index (κ1) is 15.6. The van der Waals surface area contributed by atoms with Crippen molar-refractivity contribution >= 4 is 16.9 Å². The largest absolute Gasteiger partial charge is 0.489 e. The van der Waals surface area contributed by atoms with Gasteiger partial charge in [0.1, 0.15) is 17.9 Å². The van der Waals surface area contributed by atoms with Crippen LogP contribution in [0.2, 0.25) is 0 Å². The fourth-order valence-electron chi connectivity index (χ4n) is 3.00. The topological polar surface area (TPSA) is 94.6 Å². The number of aryl methyl sites for hydroxylation is 1. The number of benzene rings is 1. The molecule has 122 valence electrons. The summed E-state index contributed by atoms with van der Waals surface area (Å²) in [6.07, 6.45) is 2.95. The Morgan fingerprint density at radius 2 is 2.17 bits per heavy atom. The highest BCUT2D eigenvalue weighted by Crippen LogP contribution is 2.35. The molecule has 0 aliphatic carbocycles. The highest BCUT2D eigenvalue weighted by atomic mass is 16.5. The van der Waals surface area contributed by atoms with Gasteiger partial charge in [0.05, 0.1) is 16.4 Å². The van der Waals surface area contributed by atoms with E-state index in [4.69, 9.17) is 10.5 Å². The zero-order valence-corrected chi connectivity index (χ0v) is 13.3. The molecule has 0 radical (unpaired) electrons. The Morgan fingerprint density at radius 1 is 1.43 bits per heavy atom. The molecule has 2 aromatic rings. The van der Waals surface area contributed by atoms with E-state index in [1.807, 2.05) is 24.5 Å². The van der Waals surface area contributed by atoms with Crippen LogP contribution in [0, 0.1) is 0 Å². The van der Waals surface area contributed by atoms with Crippen LogP contribution in [0.5, 0.6) is 5.75 Å². The minimum atomic E-state index is -1.21. The lowest BCUT2D eigenvalue weighted by molar-refractivity contribution is 0.0693. The third-order valence-electron chi connectivity index (χ3n) is 4.26. The monoisotopic (exact) mass is 316 g/mol. The van der Waals surface area contributed by atoms with Crippen molar-refractivity contribution in [2.24, 2.45) is 5.73 Å². The molecule has 3 N–H and O–H groups in total. The summed E-state index contributed by atoms with van der Waals surface area (Å²) in [5.41, 5.74) is 6.03. The van der Waals surface area contributed by atoms with Gasteiger partial charge in [-0.25, -0.2) is 4.79 Å². The maximum Gasteiger partial charge on any atom is 0.341 e. The van der Waals surface area contributed by atoms with Crippen LogP contribution in [-0.4, -0.2) is 28.8 Å². The number of carbonyl (C=O) groups is 1. The predicted octanol–water partition coefficient (Wildman–Crippen LogP) is 1.72. The normalized spacial score (nSPS) is 15.4. The fourth-order valence-corrected chi connectivity index (χ4v) is 3.00. The van der Waals surface area contributed by atoms with Crippen LogP contribution < -0.4 is 15.9 Å². The molecule has 0 unspecified atom stereocenters. The summed E-state index contributed by atoms with van der Waals surface area (Å²) < 4.78 is 7.69. The molecule has 1 aliphatic rings. The number of nitrogens with zero attached hydrogens (tertiary/aromatic N) is 1. The molecule has 0 fully saturated rings. The first-order chi connectivity index (χ1) is 10.8. The lowest BCUT2D eigenvalue weighted by Gasteiger charge is -2.35. The molecule has 1 aromatic heterocycles. The Hall–Kier alpha value is -2.34. The van der Waals surface area contributed by atoms with Gasteiger partial charge in [0.15, 0.2) is 0 Å². The van der Waals surface area contributed by atoms with Gasteiger partial charge in [0.2, 0.25) is 5.43 Å². The minimum absolute atomic E-state index is 0.214. The molecule has 0 saturated heterocycles. The van der Waals surface area contributed by atoms with E-state index in [9.17, 15) is 14.7 Å². The van der Waals surface area contributed by atoms with Crippen molar-refractivity contribution in [3.05, 3.63) is 39.7 Å². The van der Waals surface area contributed by atoms with Crippen molar-refractivity contribution in [3.63, 3.8) is 0 Å². The second-order valence-corrected chi connectivity index (χ2v) is 6.53. The van der Waals surface area contributed by atoms with E-state index in [-0.39, 0.29) is 5.56 Å². The first-order valence-electron chi connectivity index (χ1n) is 7.64. The van der Waals surface area contributed by atoms with Gasteiger partial charge in [-0.1, -0.05) is 0 Å². The van der Waals surface area contributed by atoms with Crippen molar-refractivity contribution in [2.75, 3.05) is 13.2 Å². The zero-order chi connectivity index (χ0) is 16.8. The predicted molar refractivity (Wildman–Crippen MR) is 87.4 cm³/mol. The molecule has 1 aromatic carbocycles. The average Bonchev–Trinajstić information content (AvgIpc) is 2.50. The standard InChI is InChI=1S/C17H20N2O4/c1-17(2)9-23-13-7-10(4-3-5-18)6-11-14(13)19(17)8-12(15(11)20)16(21)22/h6-8H,3-5,9,18H2,1-2H3,(H,21,22). The van der Waals surface area contributed by atoms with Gasteiger partial charge < -0.3 is 20.1 Å². The number of ether oxygens (including phenoxy) is 1. The molecule has 0 spiro atoms. The van der Waals surface area contributed by atoms with E-state index in [0.717, 1.165) is 18.4 Å². The van der Waals surface area contributed by atoms with E-state index in [1.54, 1.807) is 6.07 Å². The molecular formula is C17H20N2O4. The highest BCUT2D eigenvalue weighted by molar-refractivity contribution is 5.95. The molecule has 0 saturated carbocycles. The molecular weight excluding hydrogens is 296 g/mol. The van der Waals surface area contributed by atoms with Crippen molar-refractivity contribution in [1.82, 2.24) is 4.57 Å². The third-order valence-corrected chi connectivity index (χ3v) is 4.26. The molecule has 3 rings (SSSR count). The van der Waals surface area contributed by atoms with Gasteiger partial charge >= 0.3 is 5.97 Å². The van der Waals surface area contributed by atoms with Crippen molar-refractivity contribution < 1.29 is 14.6 Å². The summed E-state index contributed by atoms with van der Waals surface area (Å²) >= 11 is 0. The maximum absolute atomic E-state index is 12.6. The third kappa shape index (κ3) is 2.49. The Morgan fingerprint density at radius 3 is 2.83 bits per heavy atom. The number of hydrogen-bond donors (Lipinski definition) is 2. The number of carboxylic acids is 1. The lowest BCUT2D eigenvalue weighted by Crippen LogP contribution is -2.38. The second kappa shape index (κ2) is 5.38. The SMILES string of the molecule is CC1(C)COc2cc(CCCN)cc3c(=O)c(C(=O)O)cn1c23. The van der Waals surface area contributed by atoms with E-state index in [0.29, 0.717) is 29.8 Å². The van der Waals surface area contributed by atoms with Crippen molar-refractivity contribution in [3.8, 4) is 5.75 Å². The van der Waals surface area contributed by atoms with Gasteiger partial charge in [-0.3, -0.25) is 4.79 Å². The van der Waals surface area contributed by atoms with Crippen LogP contribution in [0.1, 0.15) is 36.2 Å². The van der Waals surface area contributed by atoms with Crippen LogP contribution in [0.3, 0.4) is 0 Å². The van der Waals surface area contributed by atoms with Crippen LogP contribution in [-0.2, 0) is 12.0 Å². The molecule has 0 atom stereocenters. The number of aromatic carboxylic acids is 1. The van der Waals surface area contributed by atoms with E-state index in [2.05, 4.69) is 0 Å². The quantitative estimate of drug-likeness (QED) is 0.895. The lowest BCUT2D eigenvalue weighted by atomic mass is 9.98. The first-order valence-corrected chi connectivity index (χ1v) is 7.64. The summed E-state index contributed by atoms with van der Waals surface area (Å²) in [4.78, 5) is 24.0.